The van der Waals surface area contributed by atoms with Gasteiger partial charge in [-0.15, -0.1) is 24.8 Å². The zero-order chi connectivity index (χ0) is 5.41. The molecule has 0 rings (SSSR count). The lowest BCUT2D eigenvalue weighted by molar-refractivity contribution is 0.824. The molecule has 0 aromatic heterocycles. The average molecular weight is 181 g/mol. The molecule has 0 spiro atoms. The molecule has 0 atom stereocenters. The smallest absolute Gasteiger partial charge is 0.0106 e. The lowest BCUT2D eigenvalue weighted by atomic mass is 10.8. The highest BCUT2D eigenvalue weighted by Gasteiger charge is 1.33. The molecule has 0 saturated carbocycles. The fourth-order valence-electron chi connectivity index (χ4n) is 0. The van der Waals surface area contributed by atoms with Gasteiger partial charge < -0.3 is 16.9 Å². The summed E-state index contributed by atoms with van der Waals surface area (Å²) in [6.45, 7) is 5.31. The molecule has 0 radical (unpaired) electrons. The summed E-state index contributed by atoms with van der Waals surface area (Å²) in [6, 6.07) is 0. The Balaban J connectivity index is -0.00000000889. The summed E-state index contributed by atoms with van der Waals surface area (Å²) in [5, 5.41) is 0. The molecule has 0 saturated heterocycles. The number of halogens is 2. The molecule has 9 heavy (non-hydrogen) atoms. The minimum absolute atomic E-state index is 0. The second-order valence-corrected chi connectivity index (χ2v) is 0.816. The fraction of sp³-hybridized carbons (Fsp3) is 1.00. The summed E-state index contributed by atoms with van der Waals surface area (Å²) in [6.07, 6.45) is 0. The molecular weight excluding hydrogens is 163 g/mol. The maximum Gasteiger partial charge on any atom is -0.0106 e. The van der Waals surface area contributed by atoms with E-state index in [0.29, 0.717) is 0 Å². The molecule has 0 aromatic carbocycles. The fourth-order valence-corrected chi connectivity index (χ4v) is 0. The Morgan fingerprint density at radius 1 is 0.889 bits per heavy atom. The minimum atomic E-state index is 0. The highest BCUT2D eigenvalue weighted by Crippen LogP contribution is 1.20. The van der Waals surface area contributed by atoms with Crippen LogP contribution in [0.4, 0.5) is 0 Å². The molecule has 5 heteroatoms. The number of hydrogen-bond donors (Lipinski definition) is 2. The van der Waals surface area contributed by atoms with Crippen molar-refractivity contribution in [1.82, 2.24) is 0 Å². The van der Waals surface area contributed by atoms with Crippen LogP contribution in [0.3, 0.4) is 0 Å². The SMILES string of the molecule is CCN.CCN.Cl.Cl.O. The lowest BCUT2D eigenvalue weighted by Crippen LogP contribution is -1.87. The third-order valence-electron chi connectivity index (χ3n) is 0. The van der Waals surface area contributed by atoms with E-state index in [-0.39, 0.29) is 30.3 Å². The van der Waals surface area contributed by atoms with Gasteiger partial charge in [0.05, 0.1) is 0 Å². The van der Waals surface area contributed by atoms with Crippen LogP contribution in [0.5, 0.6) is 0 Å². The second kappa shape index (κ2) is 77.8. The highest BCUT2D eigenvalue weighted by molar-refractivity contribution is 5.85. The summed E-state index contributed by atoms with van der Waals surface area (Å²) >= 11 is 0. The van der Waals surface area contributed by atoms with Crippen molar-refractivity contribution in [3.8, 4) is 0 Å². The van der Waals surface area contributed by atoms with Gasteiger partial charge in [0.15, 0.2) is 0 Å². The summed E-state index contributed by atoms with van der Waals surface area (Å²) < 4.78 is 0. The zero-order valence-corrected chi connectivity index (χ0v) is 7.52. The first-order valence-electron chi connectivity index (χ1n) is 2.23. The maximum atomic E-state index is 4.85. The van der Waals surface area contributed by atoms with Crippen molar-refractivity contribution in [2.24, 2.45) is 11.5 Å². The Hall–Kier alpha value is 0.460. The molecule has 0 heterocycles. The average Bonchev–Trinajstić information content (AvgIpc) is 1.39. The molecule has 3 nitrogen and oxygen atoms in total. The molecule has 64 valence electrons. The summed E-state index contributed by atoms with van der Waals surface area (Å²) in [5.74, 6) is 0. The van der Waals surface area contributed by atoms with Crippen LogP contribution in [0.15, 0.2) is 0 Å². The van der Waals surface area contributed by atoms with Crippen LogP contribution in [-0.2, 0) is 0 Å². The first kappa shape index (κ1) is 34.0. The number of hydrogen-bond acceptors (Lipinski definition) is 2. The van der Waals surface area contributed by atoms with Gasteiger partial charge in [-0.1, -0.05) is 13.8 Å². The van der Waals surface area contributed by atoms with E-state index < -0.39 is 0 Å². The van der Waals surface area contributed by atoms with E-state index in [1.54, 1.807) is 0 Å². The third kappa shape index (κ3) is 1670. The molecule has 0 aliphatic carbocycles. The Labute approximate surface area is 69.3 Å². The van der Waals surface area contributed by atoms with Crippen LogP contribution < -0.4 is 11.5 Å². The van der Waals surface area contributed by atoms with Crippen molar-refractivity contribution in [1.29, 1.82) is 0 Å². The van der Waals surface area contributed by atoms with Gasteiger partial charge >= 0.3 is 0 Å². The third-order valence-corrected chi connectivity index (χ3v) is 0. The van der Waals surface area contributed by atoms with Gasteiger partial charge in [0, 0.05) is 0 Å². The molecule has 0 unspecified atom stereocenters. The largest absolute Gasteiger partial charge is 0.412 e. The standard InChI is InChI=1S/2C2H7N.2ClH.H2O/c2*1-2-3;;;/h2*2-3H2,1H3;2*1H;1H2. The van der Waals surface area contributed by atoms with Gasteiger partial charge in [-0.3, -0.25) is 0 Å². The van der Waals surface area contributed by atoms with Crippen molar-refractivity contribution in [3.05, 3.63) is 0 Å². The van der Waals surface area contributed by atoms with Gasteiger partial charge in [0.1, 0.15) is 0 Å². The van der Waals surface area contributed by atoms with Gasteiger partial charge in [-0.25, -0.2) is 0 Å². The van der Waals surface area contributed by atoms with Crippen LogP contribution in [0.25, 0.3) is 0 Å². The monoisotopic (exact) mass is 180 g/mol. The molecule has 6 N–H and O–H groups in total. The zero-order valence-electron chi connectivity index (χ0n) is 5.89. The van der Waals surface area contributed by atoms with Gasteiger partial charge in [-0.2, -0.15) is 0 Å². The Morgan fingerprint density at radius 3 is 0.889 bits per heavy atom. The lowest BCUT2D eigenvalue weighted by Gasteiger charge is -1.53. The van der Waals surface area contributed by atoms with Crippen LogP contribution >= 0.6 is 24.8 Å². The van der Waals surface area contributed by atoms with E-state index in [1.807, 2.05) is 13.8 Å². The topological polar surface area (TPSA) is 83.5 Å². The van der Waals surface area contributed by atoms with E-state index in [4.69, 9.17) is 11.5 Å². The van der Waals surface area contributed by atoms with Crippen molar-refractivity contribution in [2.75, 3.05) is 13.1 Å². The van der Waals surface area contributed by atoms with Crippen molar-refractivity contribution in [3.63, 3.8) is 0 Å². The predicted molar refractivity (Wildman–Crippen MR) is 47.6 cm³/mol. The van der Waals surface area contributed by atoms with E-state index in [9.17, 15) is 0 Å². The molecule has 0 amide bonds. The van der Waals surface area contributed by atoms with Crippen LogP contribution in [0.1, 0.15) is 13.8 Å². The summed E-state index contributed by atoms with van der Waals surface area (Å²) in [4.78, 5) is 0. The normalized spacial score (nSPS) is 4.00. The van der Waals surface area contributed by atoms with Crippen molar-refractivity contribution >= 4 is 24.8 Å². The van der Waals surface area contributed by atoms with E-state index in [1.165, 1.54) is 0 Å². The van der Waals surface area contributed by atoms with Gasteiger partial charge in [-0.05, 0) is 13.1 Å². The Bertz CT molecular complexity index is 18.5. The minimum Gasteiger partial charge on any atom is -0.412 e. The summed E-state index contributed by atoms with van der Waals surface area (Å²) in [7, 11) is 0. The van der Waals surface area contributed by atoms with E-state index in [0.717, 1.165) is 13.1 Å². The maximum absolute atomic E-state index is 4.85. The van der Waals surface area contributed by atoms with Gasteiger partial charge in [0.2, 0.25) is 0 Å². The molecule has 0 aromatic rings. The quantitative estimate of drug-likeness (QED) is 0.549. The van der Waals surface area contributed by atoms with Crippen LogP contribution in [0, 0.1) is 0 Å². The number of nitrogens with two attached hydrogens (primary N) is 2. The van der Waals surface area contributed by atoms with Gasteiger partial charge in [0.25, 0.3) is 0 Å². The highest BCUT2D eigenvalue weighted by atomic mass is 35.5. The predicted octanol–water partition coefficient (Wildman–Crippen LogP) is -0.0511. The molecular formula is C4H18Cl2N2O. The first-order chi connectivity index (χ1) is 2.83. The van der Waals surface area contributed by atoms with E-state index >= 15 is 0 Å². The molecule has 0 bridgehead atoms. The first-order valence-corrected chi connectivity index (χ1v) is 2.23. The number of rotatable bonds is 0. The summed E-state index contributed by atoms with van der Waals surface area (Å²) in [5.41, 5.74) is 9.69. The molecule has 0 aliphatic heterocycles. The van der Waals surface area contributed by atoms with E-state index in [2.05, 4.69) is 0 Å². The Kier molecular flexibility index (Phi) is 294. The molecule has 0 fully saturated rings. The van der Waals surface area contributed by atoms with Crippen LogP contribution in [0.2, 0.25) is 0 Å². The molecule has 0 aliphatic rings. The Morgan fingerprint density at radius 2 is 0.889 bits per heavy atom. The van der Waals surface area contributed by atoms with Crippen molar-refractivity contribution in [2.45, 2.75) is 13.8 Å². The second-order valence-electron chi connectivity index (χ2n) is 0.816. The van der Waals surface area contributed by atoms with Crippen LogP contribution in [-0.4, -0.2) is 18.6 Å². The van der Waals surface area contributed by atoms with Crippen molar-refractivity contribution < 1.29 is 5.48 Å².